The average molecular weight is 424 g/mol. The van der Waals surface area contributed by atoms with Gasteiger partial charge in [0.15, 0.2) is 6.10 Å². The zero-order valence-corrected chi connectivity index (χ0v) is 17.0. The standard InChI is InChI=1S/C23H24N2O6/c1-2-30-23(29)19(26)13-18(24-22(28)20-14-21(27)25-31-20)12-15-8-10-17(11-9-15)16-6-4-3-5-7-16/h3-11,14,18-19,26H,2,12-13H2,1H3,(H,24,28)(H,25,27)/t18-,19-/m1/s1. The van der Waals surface area contributed by atoms with E-state index in [1.165, 1.54) is 0 Å². The zero-order valence-electron chi connectivity index (χ0n) is 17.0. The summed E-state index contributed by atoms with van der Waals surface area (Å²) in [5.74, 6) is -1.95. The van der Waals surface area contributed by atoms with Gasteiger partial charge in [0.2, 0.25) is 5.76 Å². The number of ether oxygens (including phenoxy) is 1. The van der Waals surface area contributed by atoms with Gasteiger partial charge in [0.05, 0.1) is 12.7 Å². The van der Waals surface area contributed by atoms with Gasteiger partial charge in [0, 0.05) is 12.5 Å². The molecule has 0 radical (unpaired) electrons. The molecule has 0 aliphatic rings. The lowest BCUT2D eigenvalue weighted by Crippen LogP contribution is -2.40. The van der Waals surface area contributed by atoms with Crippen molar-refractivity contribution >= 4 is 11.9 Å². The van der Waals surface area contributed by atoms with E-state index < -0.39 is 29.9 Å². The maximum Gasteiger partial charge on any atom is 0.335 e. The van der Waals surface area contributed by atoms with Crippen LogP contribution in [-0.2, 0) is 16.0 Å². The van der Waals surface area contributed by atoms with Gasteiger partial charge in [0.1, 0.15) is 0 Å². The van der Waals surface area contributed by atoms with Gasteiger partial charge in [0.25, 0.3) is 11.8 Å². The van der Waals surface area contributed by atoms with E-state index in [-0.39, 0.29) is 18.8 Å². The molecule has 3 rings (SSSR count). The summed E-state index contributed by atoms with van der Waals surface area (Å²) in [4.78, 5) is 24.3. The Kier molecular flexibility index (Phi) is 7.40. The van der Waals surface area contributed by atoms with Crippen molar-refractivity contribution in [3.8, 4) is 17.0 Å². The Morgan fingerprint density at radius 2 is 1.77 bits per heavy atom. The Labute approximate surface area is 179 Å². The van der Waals surface area contributed by atoms with Gasteiger partial charge < -0.3 is 24.8 Å². The summed E-state index contributed by atoms with van der Waals surface area (Å²) in [7, 11) is 0. The van der Waals surface area contributed by atoms with Crippen LogP contribution in [0.3, 0.4) is 0 Å². The molecule has 0 spiro atoms. The number of carbonyl (C=O) groups is 2. The predicted molar refractivity (Wildman–Crippen MR) is 112 cm³/mol. The molecule has 1 heterocycles. The van der Waals surface area contributed by atoms with Crippen LogP contribution in [0.5, 0.6) is 5.88 Å². The fourth-order valence-electron chi connectivity index (χ4n) is 3.18. The third-order valence-corrected chi connectivity index (χ3v) is 4.67. The molecule has 0 aliphatic heterocycles. The molecular formula is C23H24N2O6. The van der Waals surface area contributed by atoms with E-state index in [0.717, 1.165) is 22.8 Å². The first-order valence-corrected chi connectivity index (χ1v) is 9.92. The first-order chi connectivity index (χ1) is 15.0. The highest BCUT2D eigenvalue weighted by molar-refractivity contribution is 5.91. The number of carbonyl (C=O) groups excluding carboxylic acids is 2. The number of aromatic nitrogens is 1. The number of amides is 1. The molecule has 0 bridgehead atoms. The number of aromatic hydroxyl groups is 1. The van der Waals surface area contributed by atoms with Crippen LogP contribution in [0.15, 0.2) is 65.2 Å². The number of hydrogen-bond acceptors (Lipinski definition) is 7. The van der Waals surface area contributed by atoms with Crippen molar-refractivity contribution in [2.45, 2.75) is 31.9 Å². The molecule has 8 heteroatoms. The van der Waals surface area contributed by atoms with Gasteiger partial charge in [-0.05, 0) is 35.2 Å². The topological polar surface area (TPSA) is 122 Å². The molecule has 8 nitrogen and oxygen atoms in total. The largest absolute Gasteiger partial charge is 0.491 e. The molecule has 1 amide bonds. The summed E-state index contributed by atoms with van der Waals surface area (Å²) in [6.45, 7) is 1.79. The minimum atomic E-state index is -1.39. The third kappa shape index (κ3) is 6.16. The number of benzene rings is 2. The lowest BCUT2D eigenvalue weighted by molar-refractivity contribution is -0.153. The van der Waals surface area contributed by atoms with Gasteiger partial charge in [-0.2, -0.15) is 0 Å². The van der Waals surface area contributed by atoms with Crippen LogP contribution in [0, 0.1) is 0 Å². The maximum absolute atomic E-state index is 12.4. The monoisotopic (exact) mass is 424 g/mol. The molecule has 1 aromatic heterocycles. The van der Waals surface area contributed by atoms with E-state index in [1.807, 2.05) is 54.6 Å². The van der Waals surface area contributed by atoms with Gasteiger partial charge in [-0.3, -0.25) is 4.79 Å². The molecule has 2 atom stereocenters. The van der Waals surface area contributed by atoms with Crippen LogP contribution in [0.2, 0.25) is 0 Å². The normalized spacial score (nSPS) is 12.7. The Balaban J connectivity index is 1.73. The van der Waals surface area contributed by atoms with E-state index in [2.05, 4.69) is 10.5 Å². The second kappa shape index (κ2) is 10.4. The van der Waals surface area contributed by atoms with Gasteiger partial charge >= 0.3 is 5.97 Å². The number of aliphatic hydroxyl groups excluding tert-OH is 1. The van der Waals surface area contributed by atoms with Crippen LogP contribution in [0.1, 0.15) is 29.5 Å². The molecular weight excluding hydrogens is 400 g/mol. The van der Waals surface area contributed by atoms with Crippen LogP contribution in [-0.4, -0.2) is 46.0 Å². The summed E-state index contributed by atoms with van der Waals surface area (Å²) >= 11 is 0. The lowest BCUT2D eigenvalue weighted by Gasteiger charge is -2.21. The van der Waals surface area contributed by atoms with E-state index in [4.69, 9.17) is 9.26 Å². The van der Waals surface area contributed by atoms with Crippen LogP contribution < -0.4 is 5.32 Å². The van der Waals surface area contributed by atoms with Gasteiger partial charge in [-0.25, -0.2) is 4.79 Å². The first-order valence-electron chi connectivity index (χ1n) is 9.92. The predicted octanol–water partition coefficient (Wildman–Crippen LogP) is 2.70. The Morgan fingerprint density at radius 3 is 2.39 bits per heavy atom. The van der Waals surface area contributed by atoms with Crippen molar-refractivity contribution in [3.63, 3.8) is 0 Å². The summed E-state index contributed by atoms with van der Waals surface area (Å²) < 4.78 is 9.62. The fraction of sp³-hybridized carbons (Fsp3) is 0.261. The SMILES string of the molecule is CCOC(=O)[C@H](O)C[C@@H](Cc1ccc(-c2ccccc2)cc1)NC(=O)c1cc(O)no1. The van der Waals surface area contributed by atoms with Crippen molar-refractivity contribution in [3.05, 3.63) is 72.0 Å². The molecule has 31 heavy (non-hydrogen) atoms. The third-order valence-electron chi connectivity index (χ3n) is 4.67. The fourth-order valence-corrected chi connectivity index (χ4v) is 3.18. The molecule has 0 aliphatic carbocycles. The van der Waals surface area contributed by atoms with Crippen LogP contribution in [0.4, 0.5) is 0 Å². The Hall–Kier alpha value is -3.65. The molecule has 162 valence electrons. The number of nitrogens with one attached hydrogen (secondary N) is 1. The minimum absolute atomic E-state index is 0.0505. The number of nitrogens with zero attached hydrogens (tertiary/aromatic N) is 1. The van der Waals surface area contributed by atoms with Crippen molar-refractivity contribution < 1.29 is 29.1 Å². The highest BCUT2D eigenvalue weighted by atomic mass is 16.5. The summed E-state index contributed by atoms with van der Waals surface area (Å²) in [6.07, 6.45) is -1.08. The molecule has 0 fully saturated rings. The maximum atomic E-state index is 12.4. The molecule has 0 unspecified atom stereocenters. The second-order valence-electron chi connectivity index (χ2n) is 6.99. The van der Waals surface area contributed by atoms with E-state index in [1.54, 1.807) is 6.92 Å². The minimum Gasteiger partial charge on any atom is -0.491 e. The highest BCUT2D eigenvalue weighted by Crippen LogP contribution is 2.20. The molecule has 0 saturated heterocycles. The molecule has 2 aromatic carbocycles. The zero-order chi connectivity index (χ0) is 22.2. The van der Waals surface area contributed by atoms with Gasteiger partial charge in [-0.15, -0.1) is 0 Å². The van der Waals surface area contributed by atoms with E-state index in [0.29, 0.717) is 6.42 Å². The number of rotatable bonds is 9. The Morgan fingerprint density at radius 1 is 1.10 bits per heavy atom. The smallest absolute Gasteiger partial charge is 0.335 e. The number of aliphatic hydroxyl groups is 1. The van der Waals surface area contributed by atoms with Crippen LogP contribution >= 0.6 is 0 Å². The first kappa shape index (κ1) is 22.0. The van der Waals surface area contributed by atoms with E-state index >= 15 is 0 Å². The number of hydrogen-bond donors (Lipinski definition) is 3. The van der Waals surface area contributed by atoms with Crippen molar-refractivity contribution in [2.75, 3.05) is 6.61 Å². The van der Waals surface area contributed by atoms with Gasteiger partial charge in [-0.1, -0.05) is 54.6 Å². The second-order valence-corrected chi connectivity index (χ2v) is 6.99. The van der Waals surface area contributed by atoms with Crippen molar-refractivity contribution in [2.24, 2.45) is 0 Å². The van der Waals surface area contributed by atoms with Crippen molar-refractivity contribution in [1.29, 1.82) is 0 Å². The molecule has 0 saturated carbocycles. The summed E-state index contributed by atoms with van der Waals surface area (Å²) in [6, 6.07) is 18.2. The number of esters is 1. The molecule has 3 N–H and O–H groups in total. The lowest BCUT2D eigenvalue weighted by atomic mass is 9.97. The summed E-state index contributed by atoms with van der Waals surface area (Å²) in [5, 5.41) is 25.5. The van der Waals surface area contributed by atoms with Crippen molar-refractivity contribution in [1.82, 2.24) is 10.5 Å². The molecule has 3 aromatic rings. The summed E-state index contributed by atoms with van der Waals surface area (Å²) in [5.41, 5.74) is 3.04. The van der Waals surface area contributed by atoms with Crippen LogP contribution in [0.25, 0.3) is 11.1 Å². The Bertz CT molecular complexity index is 1000. The highest BCUT2D eigenvalue weighted by Gasteiger charge is 2.25. The quantitative estimate of drug-likeness (QED) is 0.452. The van der Waals surface area contributed by atoms with E-state index in [9.17, 15) is 19.8 Å². The average Bonchev–Trinajstić information content (AvgIpc) is 3.21.